The standard InChI is InChI=1S/C19H19N5O3/c20-11-14-17(15(12-21)19(25)23-18(14)22)13-3-1-2-4-16(13)27-10-7-24-5-8-26-9-6-24/h1-4H,5-10H2,(H3,22,23,25). The van der Waals surface area contributed by atoms with Crippen LogP contribution in [0, 0.1) is 22.7 Å². The summed E-state index contributed by atoms with van der Waals surface area (Å²) in [7, 11) is 0. The summed E-state index contributed by atoms with van der Waals surface area (Å²) in [5, 5.41) is 18.9. The third kappa shape index (κ3) is 3.93. The number of anilines is 1. The van der Waals surface area contributed by atoms with E-state index in [0.717, 1.165) is 19.6 Å². The van der Waals surface area contributed by atoms with Crippen molar-refractivity contribution in [2.24, 2.45) is 0 Å². The Balaban J connectivity index is 1.94. The second-order valence-electron chi connectivity index (χ2n) is 6.02. The summed E-state index contributed by atoms with van der Waals surface area (Å²) in [5.41, 5.74) is 5.74. The number of morpholine rings is 1. The lowest BCUT2D eigenvalue weighted by molar-refractivity contribution is 0.0323. The van der Waals surface area contributed by atoms with E-state index in [1.165, 1.54) is 0 Å². The first-order chi connectivity index (χ1) is 13.2. The van der Waals surface area contributed by atoms with Crippen molar-refractivity contribution in [3.05, 3.63) is 45.7 Å². The van der Waals surface area contributed by atoms with Crippen LogP contribution in [0.1, 0.15) is 11.1 Å². The number of rotatable bonds is 5. The molecule has 1 saturated heterocycles. The fourth-order valence-corrected chi connectivity index (χ4v) is 3.02. The van der Waals surface area contributed by atoms with E-state index in [1.54, 1.807) is 24.3 Å². The highest BCUT2D eigenvalue weighted by Crippen LogP contribution is 2.34. The highest BCUT2D eigenvalue weighted by molar-refractivity contribution is 5.83. The van der Waals surface area contributed by atoms with E-state index >= 15 is 0 Å². The fraction of sp³-hybridized carbons (Fsp3) is 0.316. The van der Waals surface area contributed by atoms with E-state index in [4.69, 9.17) is 15.2 Å². The second-order valence-corrected chi connectivity index (χ2v) is 6.02. The van der Waals surface area contributed by atoms with Crippen LogP contribution < -0.4 is 16.0 Å². The van der Waals surface area contributed by atoms with Gasteiger partial charge in [-0.25, -0.2) is 0 Å². The van der Waals surface area contributed by atoms with Gasteiger partial charge >= 0.3 is 0 Å². The van der Waals surface area contributed by atoms with Crippen LogP contribution in [0.3, 0.4) is 0 Å². The maximum Gasteiger partial charge on any atom is 0.268 e. The SMILES string of the molecule is N#Cc1c(N)[nH]c(=O)c(C#N)c1-c1ccccc1OCCN1CCOCC1. The van der Waals surface area contributed by atoms with E-state index in [1.807, 2.05) is 12.1 Å². The van der Waals surface area contributed by atoms with Gasteiger partial charge in [0.15, 0.2) is 0 Å². The molecular formula is C19H19N5O3. The Morgan fingerprint density at radius 1 is 1.19 bits per heavy atom. The van der Waals surface area contributed by atoms with Gasteiger partial charge in [-0.15, -0.1) is 0 Å². The average molecular weight is 365 g/mol. The molecule has 0 spiro atoms. The third-order valence-electron chi connectivity index (χ3n) is 4.39. The maximum atomic E-state index is 12.1. The number of nitrogens with zero attached hydrogens (tertiary/aromatic N) is 3. The van der Waals surface area contributed by atoms with Gasteiger partial charge in [-0.2, -0.15) is 10.5 Å². The monoisotopic (exact) mass is 365 g/mol. The summed E-state index contributed by atoms with van der Waals surface area (Å²) >= 11 is 0. The molecule has 0 saturated carbocycles. The minimum Gasteiger partial charge on any atom is -0.492 e. The molecular weight excluding hydrogens is 346 g/mol. The summed E-state index contributed by atoms with van der Waals surface area (Å²) in [5.74, 6) is 0.420. The van der Waals surface area contributed by atoms with Crippen molar-refractivity contribution in [1.29, 1.82) is 10.5 Å². The van der Waals surface area contributed by atoms with Crippen molar-refractivity contribution in [1.82, 2.24) is 9.88 Å². The quantitative estimate of drug-likeness (QED) is 0.811. The molecule has 2 heterocycles. The number of H-pyrrole nitrogens is 1. The van der Waals surface area contributed by atoms with E-state index < -0.39 is 5.56 Å². The highest BCUT2D eigenvalue weighted by atomic mass is 16.5. The molecule has 1 fully saturated rings. The predicted octanol–water partition coefficient (Wildman–Crippen LogP) is 1.08. The number of benzene rings is 1. The van der Waals surface area contributed by atoms with Crippen LogP contribution in [-0.4, -0.2) is 49.3 Å². The van der Waals surface area contributed by atoms with Gasteiger partial charge in [0.2, 0.25) is 0 Å². The van der Waals surface area contributed by atoms with Crippen LogP contribution >= 0.6 is 0 Å². The normalized spacial score (nSPS) is 14.3. The van der Waals surface area contributed by atoms with Crippen molar-refractivity contribution in [3.8, 4) is 29.0 Å². The number of ether oxygens (including phenoxy) is 2. The first kappa shape index (κ1) is 18.5. The van der Waals surface area contributed by atoms with Gasteiger partial charge in [0.05, 0.1) is 13.2 Å². The van der Waals surface area contributed by atoms with Gasteiger partial charge in [0.1, 0.15) is 41.4 Å². The number of hydrogen-bond acceptors (Lipinski definition) is 7. The first-order valence-corrected chi connectivity index (χ1v) is 8.54. The summed E-state index contributed by atoms with van der Waals surface area (Å²) in [6.45, 7) is 4.28. The Bertz CT molecular complexity index is 965. The number of pyridine rings is 1. The Labute approximate surface area is 156 Å². The Kier molecular flexibility index (Phi) is 5.72. The van der Waals surface area contributed by atoms with Crippen molar-refractivity contribution in [3.63, 3.8) is 0 Å². The molecule has 3 N–H and O–H groups in total. The fourth-order valence-electron chi connectivity index (χ4n) is 3.02. The molecule has 0 aliphatic carbocycles. The Morgan fingerprint density at radius 2 is 1.89 bits per heavy atom. The Morgan fingerprint density at radius 3 is 2.59 bits per heavy atom. The average Bonchev–Trinajstić information content (AvgIpc) is 2.69. The first-order valence-electron chi connectivity index (χ1n) is 8.54. The van der Waals surface area contributed by atoms with Crippen LogP contribution in [0.2, 0.25) is 0 Å². The lowest BCUT2D eigenvalue weighted by atomic mass is 9.96. The second kappa shape index (κ2) is 8.37. The lowest BCUT2D eigenvalue weighted by Gasteiger charge is -2.26. The number of aromatic nitrogens is 1. The number of nitriles is 2. The van der Waals surface area contributed by atoms with E-state index in [9.17, 15) is 15.3 Å². The molecule has 0 amide bonds. The minimum absolute atomic E-state index is 0.0513. The van der Waals surface area contributed by atoms with Gasteiger partial charge in [0.25, 0.3) is 5.56 Å². The number of hydrogen-bond donors (Lipinski definition) is 2. The lowest BCUT2D eigenvalue weighted by Crippen LogP contribution is -2.38. The van der Waals surface area contributed by atoms with Crippen molar-refractivity contribution in [2.75, 3.05) is 45.2 Å². The molecule has 1 aromatic heterocycles. The van der Waals surface area contributed by atoms with Gasteiger partial charge in [-0.05, 0) is 6.07 Å². The number of para-hydroxylation sites is 1. The molecule has 1 aromatic carbocycles. The summed E-state index contributed by atoms with van der Waals surface area (Å²) in [6.07, 6.45) is 0. The molecule has 27 heavy (non-hydrogen) atoms. The van der Waals surface area contributed by atoms with E-state index in [0.29, 0.717) is 31.1 Å². The van der Waals surface area contributed by atoms with Crippen LogP contribution in [0.4, 0.5) is 5.82 Å². The number of nitrogens with two attached hydrogens (primary N) is 1. The van der Waals surface area contributed by atoms with Crippen molar-refractivity contribution < 1.29 is 9.47 Å². The van der Waals surface area contributed by atoms with Crippen molar-refractivity contribution >= 4 is 5.82 Å². The van der Waals surface area contributed by atoms with Gasteiger partial charge in [0, 0.05) is 30.8 Å². The van der Waals surface area contributed by atoms with Crippen LogP contribution in [0.15, 0.2) is 29.1 Å². The Hall–Kier alpha value is -3.33. The van der Waals surface area contributed by atoms with Crippen molar-refractivity contribution in [2.45, 2.75) is 0 Å². The molecule has 138 valence electrons. The van der Waals surface area contributed by atoms with E-state index in [2.05, 4.69) is 9.88 Å². The molecule has 8 heteroatoms. The van der Waals surface area contributed by atoms with Gasteiger partial charge in [-0.3, -0.25) is 9.69 Å². The zero-order chi connectivity index (χ0) is 19.2. The molecule has 0 radical (unpaired) electrons. The number of nitrogen functional groups attached to an aromatic ring is 1. The minimum atomic E-state index is -0.632. The predicted molar refractivity (Wildman–Crippen MR) is 99.1 cm³/mol. The molecule has 0 unspecified atom stereocenters. The summed E-state index contributed by atoms with van der Waals surface area (Å²) in [4.78, 5) is 16.7. The molecule has 0 bridgehead atoms. The van der Waals surface area contributed by atoms with Crippen LogP contribution in [-0.2, 0) is 4.74 Å². The van der Waals surface area contributed by atoms with Crippen LogP contribution in [0.5, 0.6) is 5.75 Å². The molecule has 1 aliphatic heterocycles. The zero-order valence-corrected chi connectivity index (χ0v) is 14.7. The summed E-state index contributed by atoms with van der Waals surface area (Å²) < 4.78 is 11.2. The highest BCUT2D eigenvalue weighted by Gasteiger charge is 2.21. The molecule has 8 nitrogen and oxygen atoms in total. The van der Waals surface area contributed by atoms with Crippen LogP contribution in [0.25, 0.3) is 11.1 Å². The zero-order valence-electron chi connectivity index (χ0n) is 14.7. The topological polar surface area (TPSA) is 128 Å². The third-order valence-corrected chi connectivity index (χ3v) is 4.39. The summed E-state index contributed by atoms with van der Waals surface area (Å²) in [6, 6.07) is 10.8. The van der Waals surface area contributed by atoms with Gasteiger partial charge < -0.3 is 20.2 Å². The molecule has 3 rings (SSSR count). The largest absolute Gasteiger partial charge is 0.492 e. The smallest absolute Gasteiger partial charge is 0.268 e. The number of nitrogens with one attached hydrogen (secondary N) is 1. The molecule has 0 atom stereocenters. The molecule has 1 aliphatic rings. The van der Waals surface area contributed by atoms with Gasteiger partial charge in [-0.1, -0.05) is 18.2 Å². The number of aromatic amines is 1. The maximum absolute atomic E-state index is 12.1. The van der Waals surface area contributed by atoms with E-state index in [-0.39, 0.29) is 22.5 Å². The molecule has 2 aromatic rings.